The van der Waals surface area contributed by atoms with Crippen LogP contribution in [-0.4, -0.2) is 17.5 Å². The fourth-order valence-corrected chi connectivity index (χ4v) is 3.13. The Hall–Kier alpha value is -1.79. The van der Waals surface area contributed by atoms with Crippen LogP contribution < -0.4 is 4.90 Å². The number of nitro benzene ring substituents is 1. The molecule has 1 aromatic carbocycles. The van der Waals surface area contributed by atoms with Crippen LogP contribution in [0.1, 0.15) is 44.6 Å². The molecule has 0 aromatic heterocycles. The minimum atomic E-state index is -4.73. The summed E-state index contributed by atoms with van der Waals surface area (Å²) in [5.41, 5.74) is -1.66. The van der Waals surface area contributed by atoms with E-state index in [0.29, 0.717) is 12.2 Å². The average Bonchev–Trinajstić information content (AvgIpc) is 2.48. The van der Waals surface area contributed by atoms with Gasteiger partial charge in [0, 0.05) is 24.3 Å². The second-order valence-electron chi connectivity index (χ2n) is 5.53. The molecule has 0 saturated heterocycles. The Kier molecular flexibility index (Phi) is 4.93. The van der Waals surface area contributed by atoms with E-state index >= 15 is 0 Å². The number of nitrogens with zero attached hydrogens (tertiary/aromatic N) is 2. The maximum Gasteiger partial charge on any atom is 0.423 e. The number of hydrogen-bond donors (Lipinski definition) is 0. The second kappa shape index (κ2) is 6.54. The fourth-order valence-electron chi connectivity index (χ4n) is 3.13. The van der Waals surface area contributed by atoms with Gasteiger partial charge in [-0.2, -0.15) is 13.2 Å². The number of rotatable bonds is 4. The average molecular weight is 316 g/mol. The van der Waals surface area contributed by atoms with Crippen LogP contribution in [0.15, 0.2) is 18.2 Å². The Balaban J connectivity index is 2.39. The summed E-state index contributed by atoms with van der Waals surface area (Å²) >= 11 is 0. The van der Waals surface area contributed by atoms with Crippen molar-refractivity contribution in [3.63, 3.8) is 0 Å². The molecule has 0 aliphatic heterocycles. The molecule has 0 amide bonds. The van der Waals surface area contributed by atoms with Crippen molar-refractivity contribution in [3.05, 3.63) is 33.9 Å². The predicted octanol–water partition coefficient (Wildman–Crippen LogP) is 4.77. The van der Waals surface area contributed by atoms with Gasteiger partial charge in [0.1, 0.15) is 5.56 Å². The number of alkyl halides is 3. The van der Waals surface area contributed by atoms with Crippen molar-refractivity contribution in [2.24, 2.45) is 0 Å². The molecule has 1 aliphatic rings. The lowest BCUT2D eigenvalue weighted by molar-refractivity contribution is -0.388. The van der Waals surface area contributed by atoms with E-state index in [2.05, 4.69) is 0 Å². The first kappa shape index (κ1) is 16.6. The molecule has 1 fully saturated rings. The van der Waals surface area contributed by atoms with Crippen LogP contribution in [0.2, 0.25) is 0 Å². The van der Waals surface area contributed by atoms with Crippen molar-refractivity contribution < 1.29 is 18.1 Å². The minimum absolute atomic E-state index is 0.210. The fraction of sp³-hybridized carbons (Fsp3) is 0.600. The third kappa shape index (κ3) is 3.51. The lowest BCUT2D eigenvalue weighted by Crippen LogP contribution is -2.36. The zero-order chi connectivity index (χ0) is 16.3. The lowest BCUT2D eigenvalue weighted by Gasteiger charge is -2.35. The quantitative estimate of drug-likeness (QED) is 0.593. The SMILES string of the molecule is CCN(c1ccc([N+](=O)[O-])c(C(F)(F)F)c1)C1CCCCC1. The van der Waals surface area contributed by atoms with Crippen molar-refractivity contribution in [2.75, 3.05) is 11.4 Å². The Morgan fingerprint density at radius 1 is 1.27 bits per heavy atom. The number of nitro groups is 1. The Morgan fingerprint density at radius 2 is 1.91 bits per heavy atom. The van der Waals surface area contributed by atoms with E-state index in [9.17, 15) is 23.3 Å². The van der Waals surface area contributed by atoms with E-state index in [1.54, 1.807) is 0 Å². The number of anilines is 1. The van der Waals surface area contributed by atoms with Crippen molar-refractivity contribution in [1.82, 2.24) is 0 Å². The molecule has 0 radical (unpaired) electrons. The van der Waals surface area contributed by atoms with Gasteiger partial charge in [0.25, 0.3) is 5.69 Å². The summed E-state index contributed by atoms with van der Waals surface area (Å²) in [4.78, 5) is 11.8. The normalized spacial score (nSPS) is 16.5. The van der Waals surface area contributed by atoms with Crippen LogP contribution in [0.25, 0.3) is 0 Å². The predicted molar refractivity (Wildman–Crippen MR) is 78.0 cm³/mol. The van der Waals surface area contributed by atoms with E-state index < -0.39 is 22.4 Å². The Morgan fingerprint density at radius 3 is 2.41 bits per heavy atom. The summed E-state index contributed by atoms with van der Waals surface area (Å²) in [6.07, 6.45) is 0.464. The monoisotopic (exact) mass is 316 g/mol. The molecule has 1 aliphatic carbocycles. The zero-order valence-corrected chi connectivity index (χ0v) is 12.4. The van der Waals surface area contributed by atoms with Crippen molar-refractivity contribution in [2.45, 2.75) is 51.2 Å². The van der Waals surface area contributed by atoms with E-state index in [4.69, 9.17) is 0 Å². The molecule has 0 N–H and O–H groups in total. The van der Waals surface area contributed by atoms with Gasteiger partial charge < -0.3 is 4.90 Å². The molecule has 2 rings (SSSR count). The third-order valence-corrected chi connectivity index (χ3v) is 4.17. The van der Waals surface area contributed by atoms with Crippen LogP contribution in [0.4, 0.5) is 24.5 Å². The van der Waals surface area contributed by atoms with E-state index in [0.717, 1.165) is 44.2 Å². The number of benzene rings is 1. The Labute approximate surface area is 127 Å². The van der Waals surface area contributed by atoms with E-state index in [1.807, 2.05) is 11.8 Å². The molecule has 0 unspecified atom stereocenters. The smallest absolute Gasteiger partial charge is 0.369 e. The van der Waals surface area contributed by atoms with Crippen LogP contribution in [0.5, 0.6) is 0 Å². The maximum atomic E-state index is 13.1. The van der Waals surface area contributed by atoms with E-state index in [1.165, 1.54) is 6.07 Å². The highest BCUT2D eigenvalue weighted by molar-refractivity contribution is 5.57. The van der Waals surface area contributed by atoms with Crippen LogP contribution in [0, 0.1) is 10.1 Å². The highest BCUT2D eigenvalue weighted by Gasteiger charge is 2.39. The summed E-state index contributed by atoms with van der Waals surface area (Å²) < 4.78 is 39.2. The number of hydrogen-bond acceptors (Lipinski definition) is 3. The first-order valence-electron chi connectivity index (χ1n) is 7.47. The first-order chi connectivity index (χ1) is 10.3. The minimum Gasteiger partial charge on any atom is -0.369 e. The summed E-state index contributed by atoms with van der Waals surface area (Å²) in [6, 6.07) is 3.51. The summed E-state index contributed by atoms with van der Waals surface area (Å²) in [7, 11) is 0. The molecule has 1 aromatic rings. The molecule has 4 nitrogen and oxygen atoms in total. The zero-order valence-electron chi connectivity index (χ0n) is 12.4. The molecule has 122 valence electrons. The highest BCUT2D eigenvalue weighted by Crippen LogP contribution is 2.39. The van der Waals surface area contributed by atoms with Gasteiger partial charge in [-0.15, -0.1) is 0 Å². The molecule has 0 bridgehead atoms. The summed E-state index contributed by atoms with van der Waals surface area (Å²) in [5, 5.41) is 10.8. The molecule has 0 atom stereocenters. The number of halogens is 3. The first-order valence-corrected chi connectivity index (χ1v) is 7.47. The van der Waals surface area contributed by atoms with Gasteiger partial charge in [0.15, 0.2) is 0 Å². The van der Waals surface area contributed by atoms with Crippen molar-refractivity contribution >= 4 is 11.4 Å². The summed E-state index contributed by atoms with van der Waals surface area (Å²) in [6.45, 7) is 2.48. The van der Waals surface area contributed by atoms with Gasteiger partial charge in [-0.25, -0.2) is 0 Å². The van der Waals surface area contributed by atoms with Gasteiger partial charge in [0.2, 0.25) is 0 Å². The topological polar surface area (TPSA) is 46.4 Å². The molecule has 22 heavy (non-hydrogen) atoms. The van der Waals surface area contributed by atoms with Crippen LogP contribution in [0.3, 0.4) is 0 Å². The molecule has 1 saturated carbocycles. The van der Waals surface area contributed by atoms with Gasteiger partial charge in [0.05, 0.1) is 4.92 Å². The lowest BCUT2D eigenvalue weighted by atomic mass is 9.93. The van der Waals surface area contributed by atoms with Gasteiger partial charge in [-0.3, -0.25) is 10.1 Å². The Bertz CT molecular complexity index is 540. The summed E-state index contributed by atoms with van der Waals surface area (Å²) in [5.74, 6) is 0. The van der Waals surface area contributed by atoms with Crippen molar-refractivity contribution in [3.8, 4) is 0 Å². The van der Waals surface area contributed by atoms with Crippen molar-refractivity contribution in [1.29, 1.82) is 0 Å². The van der Waals surface area contributed by atoms with Gasteiger partial charge in [-0.1, -0.05) is 19.3 Å². The van der Waals surface area contributed by atoms with Gasteiger partial charge >= 0.3 is 6.18 Å². The van der Waals surface area contributed by atoms with Crippen LogP contribution >= 0.6 is 0 Å². The molecule has 0 spiro atoms. The molecular formula is C15H19F3N2O2. The maximum absolute atomic E-state index is 13.1. The largest absolute Gasteiger partial charge is 0.423 e. The standard InChI is InChI=1S/C15H19F3N2O2/c1-2-19(11-6-4-3-5-7-11)12-8-9-14(20(21)22)13(10-12)15(16,17)18/h8-11H,2-7H2,1H3. The molecule has 7 heteroatoms. The van der Waals surface area contributed by atoms with Gasteiger partial charge in [-0.05, 0) is 31.9 Å². The third-order valence-electron chi connectivity index (χ3n) is 4.17. The molecular weight excluding hydrogens is 297 g/mol. The van der Waals surface area contributed by atoms with Crippen LogP contribution in [-0.2, 0) is 6.18 Å². The van der Waals surface area contributed by atoms with E-state index in [-0.39, 0.29) is 6.04 Å². The highest BCUT2D eigenvalue weighted by atomic mass is 19.4. The second-order valence-corrected chi connectivity index (χ2v) is 5.53. The molecule has 0 heterocycles.